The number of esters is 1. The summed E-state index contributed by atoms with van der Waals surface area (Å²) >= 11 is 0. The molecule has 0 aliphatic rings. The Balaban J connectivity index is 2.27. The summed E-state index contributed by atoms with van der Waals surface area (Å²) in [6, 6.07) is 8.56. The van der Waals surface area contributed by atoms with E-state index in [0.29, 0.717) is 19.4 Å². The first-order valence-corrected chi connectivity index (χ1v) is 6.99. The van der Waals surface area contributed by atoms with E-state index in [1.54, 1.807) is 0 Å². The summed E-state index contributed by atoms with van der Waals surface area (Å²) in [5.74, 6) is -1.44. The normalized spacial score (nSPS) is 11.9. The van der Waals surface area contributed by atoms with E-state index >= 15 is 0 Å². The monoisotopic (exact) mass is 294 g/mol. The van der Waals surface area contributed by atoms with Crippen LogP contribution in [-0.4, -0.2) is 36.2 Å². The third-order valence-electron chi connectivity index (χ3n) is 2.98. The van der Waals surface area contributed by atoms with Crippen molar-refractivity contribution < 1.29 is 19.4 Å². The molecule has 116 valence electrons. The first kappa shape index (κ1) is 17.1. The van der Waals surface area contributed by atoms with Gasteiger partial charge in [0.1, 0.15) is 12.6 Å². The molecule has 0 radical (unpaired) electrons. The molecule has 6 nitrogen and oxygen atoms in total. The molecule has 0 unspecified atom stereocenters. The lowest BCUT2D eigenvalue weighted by Crippen LogP contribution is -2.40. The van der Waals surface area contributed by atoms with Gasteiger partial charge in [-0.15, -0.1) is 0 Å². The van der Waals surface area contributed by atoms with Crippen molar-refractivity contribution in [3.63, 3.8) is 0 Å². The first-order valence-electron chi connectivity index (χ1n) is 6.99. The van der Waals surface area contributed by atoms with Crippen molar-refractivity contribution in [2.75, 3.05) is 13.1 Å². The minimum atomic E-state index is -0.970. The van der Waals surface area contributed by atoms with Gasteiger partial charge in [0.2, 0.25) is 0 Å². The van der Waals surface area contributed by atoms with Gasteiger partial charge in [-0.2, -0.15) is 0 Å². The highest BCUT2D eigenvalue weighted by Crippen LogP contribution is 2.02. The molecule has 0 spiro atoms. The maximum Gasteiger partial charge on any atom is 0.320 e. The number of aliphatic carboxylic acids is 1. The Bertz CT molecular complexity index is 437. The summed E-state index contributed by atoms with van der Waals surface area (Å²) in [5, 5.41) is 11.7. The molecule has 4 N–H and O–H groups in total. The molecule has 21 heavy (non-hydrogen) atoms. The summed E-state index contributed by atoms with van der Waals surface area (Å²) in [7, 11) is 0. The maximum atomic E-state index is 11.6. The second-order valence-corrected chi connectivity index (χ2v) is 4.70. The van der Waals surface area contributed by atoms with Crippen molar-refractivity contribution in [3.05, 3.63) is 35.9 Å². The van der Waals surface area contributed by atoms with Crippen LogP contribution in [0.15, 0.2) is 30.3 Å². The van der Waals surface area contributed by atoms with E-state index in [1.807, 2.05) is 30.3 Å². The number of hydrogen-bond acceptors (Lipinski definition) is 5. The summed E-state index contributed by atoms with van der Waals surface area (Å²) in [6.45, 7) is 0.601. The van der Waals surface area contributed by atoms with Crippen LogP contribution < -0.4 is 11.1 Å². The van der Waals surface area contributed by atoms with E-state index in [1.165, 1.54) is 0 Å². The van der Waals surface area contributed by atoms with E-state index < -0.39 is 18.0 Å². The number of nitrogens with two attached hydrogens (primary N) is 1. The highest BCUT2D eigenvalue weighted by molar-refractivity contribution is 5.76. The van der Waals surface area contributed by atoms with Crippen LogP contribution in [0.25, 0.3) is 0 Å². The Morgan fingerprint density at radius 1 is 1.24 bits per heavy atom. The van der Waals surface area contributed by atoms with Gasteiger partial charge in [0.15, 0.2) is 0 Å². The lowest BCUT2D eigenvalue weighted by Gasteiger charge is -2.13. The molecule has 1 rings (SSSR count). The quantitative estimate of drug-likeness (QED) is 0.438. The van der Waals surface area contributed by atoms with Crippen LogP contribution in [-0.2, 0) is 20.9 Å². The standard InChI is InChI=1S/C15H22N2O4/c16-9-5-4-8-13(15(19)20)17-10-14(18)21-11-12-6-2-1-3-7-12/h1-3,6-7,13,17H,4-5,8-11,16H2,(H,19,20)/t13-/m0/s1. The van der Waals surface area contributed by atoms with Gasteiger partial charge in [0.05, 0.1) is 6.54 Å². The maximum absolute atomic E-state index is 11.6. The predicted molar refractivity (Wildman–Crippen MR) is 78.6 cm³/mol. The average molecular weight is 294 g/mol. The van der Waals surface area contributed by atoms with E-state index in [0.717, 1.165) is 12.0 Å². The van der Waals surface area contributed by atoms with E-state index in [2.05, 4.69) is 5.32 Å². The smallest absolute Gasteiger partial charge is 0.320 e. The Kier molecular flexibility index (Phi) is 8.08. The van der Waals surface area contributed by atoms with Crippen molar-refractivity contribution in [3.8, 4) is 0 Å². The second kappa shape index (κ2) is 9.90. The Morgan fingerprint density at radius 3 is 2.57 bits per heavy atom. The van der Waals surface area contributed by atoms with Crippen LogP contribution in [0.1, 0.15) is 24.8 Å². The topological polar surface area (TPSA) is 102 Å². The van der Waals surface area contributed by atoms with Gasteiger partial charge in [0.25, 0.3) is 0 Å². The van der Waals surface area contributed by atoms with Gasteiger partial charge in [-0.1, -0.05) is 36.8 Å². The Hall–Kier alpha value is -1.92. The van der Waals surface area contributed by atoms with E-state index in [9.17, 15) is 9.59 Å². The van der Waals surface area contributed by atoms with Crippen molar-refractivity contribution in [2.24, 2.45) is 5.73 Å². The van der Waals surface area contributed by atoms with Crippen LogP contribution in [0, 0.1) is 0 Å². The van der Waals surface area contributed by atoms with Crippen molar-refractivity contribution in [2.45, 2.75) is 31.9 Å². The summed E-state index contributed by atoms with van der Waals surface area (Å²) < 4.78 is 5.07. The van der Waals surface area contributed by atoms with Gasteiger partial charge in [-0.3, -0.25) is 14.9 Å². The van der Waals surface area contributed by atoms with Gasteiger partial charge in [-0.25, -0.2) is 0 Å². The number of ether oxygens (including phenoxy) is 1. The van der Waals surface area contributed by atoms with Gasteiger partial charge >= 0.3 is 11.9 Å². The third kappa shape index (κ3) is 7.43. The summed E-state index contributed by atoms with van der Waals surface area (Å²) in [5.41, 5.74) is 6.26. The lowest BCUT2D eigenvalue weighted by molar-refractivity contribution is -0.144. The zero-order valence-corrected chi connectivity index (χ0v) is 12.0. The van der Waals surface area contributed by atoms with Crippen molar-refractivity contribution in [1.29, 1.82) is 0 Å². The van der Waals surface area contributed by atoms with E-state index in [-0.39, 0.29) is 13.2 Å². The largest absolute Gasteiger partial charge is 0.480 e. The number of unbranched alkanes of at least 4 members (excludes halogenated alkanes) is 1. The molecule has 1 atom stereocenters. The van der Waals surface area contributed by atoms with Crippen LogP contribution in [0.3, 0.4) is 0 Å². The average Bonchev–Trinajstić information content (AvgIpc) is 2.49. The van der Waals surface area contributed by atoms with Crippen molar-refractivity contribution >= 4 is 11.9 Å². The molecule has 0 aromatic heterocycles. The number of carboxylic acids is 1. The fraction of sp³-hybridized carbons (Fsp3) is 0.467. The predicted octanol–water partition coefficient (Wildman–Crippen LogP) is 0.902. The van der Waals surface area contributed by atoms with Crippen LogP contribution in [0.2, 0.25) is 0 Å². The van der Waals surface area contributed by atoms with Crippen LogP contribution in [0.4, 0.5) is 0 Å². The summed E-state index contributed by atoms with van der Waals surface area (Å²) in [4.78, 5) is 22.6. The van der Waals surface area contributed by atoms with Gasteiger partial charge in [0, 0.05) is 0 Å². The highest BCUT2D eigenvalue weighted by atomic mass is 16.5. The highest BCUT2D eigenvalue weighted by Gasteiger charge is 2.17. The minimum Gasteiger partial charge on any atom is -0.480 e. The number of carbonyl (C=O) groups excluding carboxylic acids is 1. The van der Waals surface area contributed by atoms with Gasteiger partial charge in [-0.05, 0) is 24.9 Å². The fourth-order valence-corrected chi connectivity index (χ4v) is 1.80. The number of rotatable bonds is 10. The molecule has 0 amide bonds. The van der Waals surface area contributed by atoms with Crippen LogP contribution in [0.5, 0.6) is 0 Å². The molecule has 1 aromatic carbocycles. The van der Waals surface area contributed by atoms with Crippen molar-refractivity contribution in [1.82, 2.24) is 5.32 Å². The number of carbonyl (C=O) groups is 2. The summed E-state index contributed by atoms with van der Waals surface area (Å²) in [6.07, 6.45) is 1.92. The molecule has 0 bridgehead atoms. The molecular weight excluding hydrogens is 272 g/mol. The molecule has 1 aromatic rings. The molecule has 0 fully saturated rings. The molecule has 6 heteroatoms. The SMILES string of the molecule is NCCCC[C@H](NCC(=O)OCc1ccccc1)C(=O)O. The Morgan fingerprint density at radius 2 is 1.95 bits per heavy atom. The molecule has 0 aliphatic heterocycles. The second-order valence-electron chi connectivity index (χ2n) is 4.70. The molecule has 0 saturated carbocycles. The molecule has 0 saturated heterocycles. The molecular formula is C15H22N2O4. The Labute approximate surface area is 124 Å². The van der Waals surface area contributed by atoms with Crippen LogP contribution >= 0.6 is 0 Å². The zero-order valence-electron chi connectivity index (χ0n) is 12.0. The zero-order chi connectivity index (χ0) is 15.5. The van der Waals surface area contributed by atoms with E-state index in [4.69, 9.17) is 15.6 Å². The lowest BCUT2D eigenvalue weighted by atomic mass is 10.1. The fourth-order valence-electron chi connectivity index (χ4n) is 1.80. The third-order valence-corrected chi connectivity index (χ3v) is 2.98. The minimum absolute atomic E-state index is 0.119. The van der Waals surface area contributed by atoms with Gasteiger partial charge < -0.3 is 15.6 Å². The number of carboxylic acid groups (broad SMARTS) is 1. The number of benzene rings is 1. The first-order chi connectivity index (χ1) is 10.1. The molecule has 0 aliphatic carbocycles. The molecule has 0 heterocycles. The number of hydrogen-bond donors (Lipinski definition) is 3. The number of nitrogens with one attached hydrogen (secondary N) is 1.